The van der Waals surface area contributed by atoms with Gasteiger partial charge in [0.1, 0.15) is 12.7 Å². The topological polar surface area (TPSA) is 49.7 Å². The van der Waals surface area contributed by atoms with Crippen molar-refractivity contribution in [2.45, 2.75) is 47.8 Å². The van der Waals surface area contributed by atoms with Crippen molar-refractivity contribution in [3.05, 3.63) is 0 Å². The maximum absolute atomic E-state index is 13.3. The molecule has 1 unspecified atom stereocenters. The molecule has 0 heterocycles. The van der Waals surface area contributed by atoms with Crippen molar-refractivity contribution in [1.29, 1.82) is 0 Å². The molecule has 0 amide bonds. The summed E-state index contributed by atoms with van der Waals surface area (Å²) in [6.45, 7) is -5.76. The Morgan fingerprint density at radius 2 is 0.931 bits per heavy atom. The minimum atomic E-state index is -8.35. The Morgan fingerprint density at radius 3 is 1.28 bits per heavy atom. The molecule has 0 aromatic heterocycles. The first-order chi connectivity index (χ1) is 12.5. The molecule has 0 aliphatic carbocycles. The summed E-state index contributed by atoms with van der Waals surface area (Å²) in [4.78, 5) is 0. The molecule has 29 heavy (non-hydrogen) atoms. The van der Waals surface area contributed by atoms with E-state index in [1.165, 1.54) is 0 Å². The summed E-state index contributed by atoms with van der Waals surface area (Å²) < 4.78 is 196. The van der Waals surface area contributed by atoms with Crippen LogP contribution in [0.4, 0.5) is 65.9 Å². The standard InChI is InChI=1S/C11H9F15O3/c12-5(13,3-29-2-4(28)1-27)6(14,15)7(16,17)8(18,19)9(20,21)10(22,23)11(24,25)26/h4,27-28H,1-3H2. The number of rotatable bonds is 10. The van der Waals surface area contributed by atoms with Gasteiger partial charge in [-0.25, -0.2) is 0 Å². The zero-order chi connectivity index (χ0) is 23.9. The smallest absolute Gasteiger partial charge is 0.394 e. The maximum Gasteiger partial charge on any atom is 0.460 e. The Bertz CT molecular complexity index is 556. The monoisotopic (exact) mass is 474 g/mol. The molecule has 0 fully saturated rings. The van der Waals surface area contributed by atoms with Crippen LogP contribution in [-0.4, -0.2) is 77.8 Å². The molecule has 0 aliphatic rings. The summed E-state index contributed by atoms with van der Waals surface area (Å²) in [5, 5.41) is 16.9. The minimum absolute atomic E-state index is 1.26. The van der Waals surface area contributed by atoms with Gasteiger partial charge in [-0.1, -0.05) is 0 Å². The third-order valence-electron chi connectivity index (χ3n) is 3.20. The summed E-state index contributed by atoms with van der Waals surface area (Å²) in [6, 6.07) is 0. The fraction of sp³-hybridized carbons (Fsp3) is 1.00. The quantitative estimate of drug-likeness (QED) is 0.475. The van der Waals surface area contributed by atoms with E-state index in [-0.39, 0.29) is 0 Å². The number of aliphatic hydroxyl groups is 2. The fourth-order valence-electron chi connectivity index (χ4n) is 1.47. The van der Waals surface area contributed by atoms with Crippen molar-refractivity contribution < 1.29 is 80.8 Å². The number of hydrogen-bond acceptors (Lipinski definition) is 3. The molecule has 2 N–H and O–H groups in total. The van der Waals surface area contributed by atoms with Crippen LogP contribution in [0.5, 0.6) is 0 Å². The number of hydrogen-bond donors (Lipinski definition) is 2. The van der Waals surface area contributed by atoms with Crippen molar-refractivity contribution >= 4 is 0 Å². The Morgan fingerprint density at radius 1 is 0.586 bits per heavy atom. The fourth-order valence-corrected chi connectivity index (χ4v) is 1.47. The van der Waals surface area contributed by atoms with Crippen LogP contribution in [0, 0.1) is 0 Å². The van der Waals surface area contributed by atoms with Gasteiger partial charge in [-0.3, -0.25) is 0 Å². The van der Waals surface area contributed by atoms with E-state index in [0.717, 1.165) is 0 Å². The first-order valence-corrected chi connectivity index (χ1v) is 6.66. The first-order valence-electron chi connectivity index (χ1n) is 6.66. The second kappa shape index (κ2) is 7.82. The van der Waals surface area contributed by atoms with E-state index in [1.54, 1.807) is 0 Å². The zero-order valence-corrected chi connectivity index (χ0v) is 13.2. The SMILES string of the molecule is OCC(O)COCC(F)(F)C(F)(F)C(F)(F)C(F)(F)C(F)(F)C(F)(F)C(F)(F)F. The molecule has 0 saturated heterocycles. The normalized spacial score (nSPS) is 16.9. The molecule has 0 radical (unpaired) electrons. The molecular formula is C11H9F15O3. The number of ether oxygens (including phenoxy) is 1. The van der Waals surface area contributed by atoms with Gasteiger partial charge in [0, 0.05) is 0 Å². The maximum atomic E-state index is 13.3. The van der Waals surface area contributed by atoms with Gasteiger partial charge in [0.15, 0.2) is 0 Å². The lowest BCUT2D eigenvalue weighted by Gasteiger charge is -2.41. The molecule has 0 bridgehead atoms. The number of halogens is 15. The van der Waals surface area contributed by atoms with Crippen LogP contribution in [0.1, 0.15) is 0 Å². The summed E-state index contributed by atoms with van der Waals surface area (Å²) in [6.07, 6.45) is -9.73. The predicted molar refractivity (Wildman–Crippen MR) is 59.6 cm³/mol. The molecule has 0 aliphatic heterocycles. The molecule has 0 aromatic carbocycles. The summed E-state index contributed by atoms with van der Waals surface area (Å²) >= 11 is 0. The molecular weight excluding hydrogens is 465 g/mol. The third kappa shape index (κ3) is 4.33. The van der Waals surface area contributed by atoms with Gasteiger partial charge >= 0.3 is 41.7 Å². The highest BCUT2D eigenvalue weighted by Gasteiger charge is 2.93. The molecule has 0 aromatic rings. The highest BCUT2D eigenvalue weighted by atomic mass is 19.4. The van der Waals surface area contributed by atoms with Gasteiger partial charge in [-0.15, -0.1) is 0 Å². The second-order valence-corrected chi connectivity index (χ2v) is 5.43. The van der Waals surface area contributed by atoms with Crippen molar-refractivity contribution in [2.24, 2.45) is 0 Å². The van der Waals surface area contributed by atoms with Gasteiger partial charge in [0.2, 0.25) is 0 Å². The molecule has 176 valence electrons. The molecule has 3 nitrogen and oxygen atoms in total. The highest BCUT2D eigenvalue weighted by molar-refractivity contribution is 5.13. The van der Waals surface area contributed by atoms with Crippen molar-refractivity contribution in [3.8, 4) is 0 Å². The third-order valence-corrected chi connectivity index (χ3v) is 3.20. The predicted octanol–water partition coefficient (Wildman–Crippen LogP) is 3.73. The van der Waals surface area contributed by atoms with Crippen molar-refractivity contribution in [1.82, 2.24) is 0 Å². The molecule has 0 rings (SSSR count). The van der Waals surface area contributed by atoms with Crippen LogP contribution in [0.2, 0.25) is 0 Å². The van der Waals surface area contributed by atoms with Crippen LogP contribution in [0.15, 0.2) is 0 Å². The van der Waals surface area contributed by atoms with Gasteiger partial charge in [0.25, 0.3) is 0 Å². The van der Waals surface area contributed by atoms with Gasteiger partial charge < -0.3 is 14.9 Å². The lowest BCUT2D eigenvalue weighted by molar-refractivity contribution is -0.453. The average Bonchev–Trinajstić information content (AvgIpc) is 2.52. The average molecular weight is 474 g/mol. The number of alkyl halides is 15. The molecule has 18 heteroatoms. The molecule has 0 spiro atoms. The molecule has 1 atom stereocenters. The highest BCUT2D eigenvalue weighted by Crippen LogP contribution is 2.62. The van der Waals surface area contributed by atoms with E-state index in [2.05, 4.69) is 4.74 Å². The van der Waals surface area contributed by atoms with Gasteiger partial charge in [-0.2, -0.15) is 65.9 Å². The van der Waals surface area contributed by atoms with Crippen LogP contribution in [0.25, 0.3) is 0 Å². The number of aliphatic hydroxyl groups excluding tert-OH is 2. The lowest BCUT2D eigenvalue weighted by Crippen LogP contribution is -2.73. The van der Waals surface area contributed by atoms with Gasteiger partial charge in [0.05, 0.1) is 13.2 Å². The summed E-state index contributed by atoms with van der Waals surface area (Å²) in [5.41, 5.74) is 0. The molecule has 0 saturated carbocycles. The van der Waals surface area contributed by atoms with Crippen molar-refractivity contribution in [2.75, 3.05) is 19.8 Å². The lowest BCUT2D eigenvalue weighted by atomic mass is 9.91. The summed E-state index contributed by atoms with van der Waals surface area (Å²) in [7, 11) is 0. The second-order valence-electron chi connectivity index (χ2n) is 5.43. The minimum Gasteiger partial charge on any atom is -0.394 e. The Balaban J connectivity index is 6.09. The largest absolute Gasteiger partial charge is 0.460 e. The van der Waals surface area contributed by atoms with E-state index in [4.69, 9.17) is 10.2 Å². The Labute approximate surface area is 150 Å². The van der Waals surface area contributed by atoms with Gasteiger partial charge in [-0.05, 0) is 0 Å². The van der Waals surface area contributed by atoms with Crippen LogP contribution in [-0.2, 0) is 4.74 Å². The van der Waals surface area contributed by atoms with E-state index < -0.39 is 67.6 Å². The van der Waals surface area contributed by atoms with E-state index in [9.17, 15) is 65.9 Å². The van der Waals surface area contributed by atoms with Crippen LogP contribution < -0.4 is 0 Å². The Kier molecular flexibility index (Phi) is 7.51. The van der Waals surface area contributed by atoms with Crippen LogP contribution in [0.3, 0.4) is 0 Å². The van der Waals surface area contributed by atoms with Crippen molar-refractivity contribution in [3.63, 3.8) is 0 Å². The van der Waals surface area contributed by atoms with E-state index in [1.807, 2.05) is 0 Å². The van der Waals surface area contributed by atoms with E-state index in [0.29, 0.717) is 0 Å². The Hall–Kier alpha value is -1.17. The first kappa shape index (κ1) is 27.8. The summed E-state index contributed by atoms with van der Waals surface area (Å²) in [5.74, 6) is -47.0. The van der Waals surface area contributed by atoms with Crippen LogP contribution >= 0.6 is 0 Å². The zero-order valence-electron chi connectivity index (χ0n) is 13.2. The van der Waals surface area contributed by atoms with E-state index >= 15 is 0 Å².